The molecule has 3 fully saturated rings. The number of aromatic nitrogens is 5. The van der Waals surface area contributed by atoms with Crippen LogP contribution in [-0.2, 0) is 35.2 Å². The smallest absolute Gasteiger partial charge is 0.256 e. The van der Waals surface area contributed by atoms with Crippen molar-refractivity contribution in [3.63, 3.8) is 0 Å². The Labute approximate surface area is 874 Å². The van der Waals surface area contributed by atoms with E-state index in [1.165, 1.54) is 83.1 Å². The molecule has 0 amide bonds. The number of fused-ring (bicyclic) bond motifs is 23. The molecule has 15 aromatic carbocycles. The molecule has 0 aliphatic heterocycles. The molecule has 0 spiro atoms. The Hall–Kier alpha value is -15.7. The molecule has 10 heterocycles. The average molecular weight is 1930 g/mol. The van der Waals surface area contributed by atoms with Gasteiger partial charge in [-0.3, -0.25) is 0 Å². The second kappa shape index (κ2) is 37.8. The summed E-state index contributed by atoms with van der Waals surface area (Å²) in [6.07, 6.45) is 22.7. The molecule has 3 saturated carbocycles. The van der Waals surface area contributed by atoms with Gasteiger partial charge in [0.1, 0.15) is 63.2 Å². The quantitative estimate of drug-likeness (QED) is 0.142. The summed E-state index contributed by atoms with van der Waals surface area (Å²) in [4.78, 5) is 0. The van der Waals surface area contributed by atoms with Gasteiger partial charge in [-0.25, -0.2) is 0 Å². The zero-order valence-corrected chi connectivity index (χ0v) is 84.5. The Morgan fingerprint density at radius 2 is 0.548 bits per heavy atom. The lowest BCUT2D eigenvalue weighted by Crippen LogP contribution is -2.31. The fraction of sp³-hybridized carbons (Fsp3) is 0.228. The van der Waals surface area contributed by atoms with Crippen LogP contribution >= 0.6 is 0 Å². The second-order valence-corrected chi connectivity index (χ2v) is 40.8. The normalized spacial score (nSPS) is 16.3. The summed E-state index contributed by atoms with van der Waals surface area (Å²) in [6, 6.07) is 96.6. The highest BCUT2D eigenvalue weighted by molar-refractivity contribution is 6.21. The highest BCUT2D eigenvalue weighted by atomic mass is 16.3. The first-order valence-corrected chi connectivity index (χ1v) is 51.3. The molecule has 720 valence electrons. The first-order chi connectivity index (χ1) is 76.9. The van der Waals surface area contributed by atoms with Gasteiger partial charge in [-0.15, -0.1) is 0 Å². The molecule has 3 aliphatic carbocycles. The Balaban J connectivity index is 0.000000106. The van der Waals surface area contributed by atoms with Gasteiger partial charge >= 0.3 is 0 Å². The molecule has 28 rings (SSSR count). The van der Waals surface area contributed by atoms with Gasteiger partial charge in [-0.2, -0.15) is 22.8 Å². The van der Waals surface area contributed by atoms with Crippen LogP contribution in [-0.4, -0.2) is 0 Å². The van der Waals surface area contributed by atoms with Crippen molar-refractivity contribution in [1.29, 1.82) is 0 Å². The van der Waals surface area contributed by atoms with E-state index in [9.17, 15) is 0 Å². The summed E-state index contributed by atoms with van der Waals surface area (Å²) < 4.78 is 166. The number of hydrogen-bond donors (Lipinski definition) is 0. The van der Waals surface area contributed by atoms with E-state index < -0.39 is 45.1 Å². The van der Waals surface area contributed by atoms with E-state index in [1.54, 1.807) is 72.0 Å². The lowest BCUT2D eigenvalue weighted by Gasteiger charge is -2.22. The minimum atomic E-state index is -2.37. The van der Waals surface area contributed by atoms with Gasteiger partial charge in [0.15, 0.2) is 31.0 Å². The Morgan fingerprint density at radius 3 is 0.959 bits per heavy atom. The minimum absolute atomic E-state index is 0.200. The van der Waals surface area contributed by atoms with Crippen molar-refractivity contribution in [2.75, 3.05) is 0 Å². The molecule has 10 heteroatoms. The van der Waals surface area contributed by atoms with Crippen molar-refractivity contribution in [3.8, 4) is 56.3 Å². The lowest BCUT2D eigenvalue weighted by atomic mass is 9.83. The van der Waals surface area contributed by atoms with Crippen LogP contribution in [0.15, 0.2) is 338 Å². The lowest BCUT2D eigenvalue weighted by molar-refractivity contribution is -0.659. The van der Waals surface area contributed by atoms with Gasteiger partial charge in [0.25, 0.3) is 28.5 Å². The molecule has 0 atom stereocenters. The number of benzene rings is 15. The van der Waals surface area contributed by atoms with Gasteiger partial charge in [0.05, 0.1) is 27.8 Å². The number of pyridine rings is 5. The van der Waals surface area contributed by atoms with Crippen molar-refractivity contribution in [2.45, 2.75) is 170 Å². The first kappa shape index (κ1) is 77.0. The zero-order valence-electron chi connectivity index (χ0n) is 99.5. The molecular weight excluding hydrogens is 1780 g/mol. The van der Waals surface area contributed by atoms with E-state index in [0.29, 0.717) is 44.5 Å². The molecule has 3 aliphatic rings. The van der Waals surface area contributed by atoms with Gasteiger partial charge in [-0.05, 0) is 280 Å². The highest BCUT2D eigenvalue weighted by Crippen LogP contribution is 2.49. The maximum Gasteiger partial charge on any atom is 0.256 e. The summed E-state index contributed by atoms with van der Waals surface area (Å²) in [7, 11) is 9.80. The topological polar surface area (TPSA) is 85.1 Å². The van der Waals surface area contributed by atoms with E-state index in [4.69, 9.17) is 42.6 Å². The third-order valence-corrected chi connectivity index (χ3v) is 31.2. The standard InChI is InChI=1S/C31H32NO.C30H30NO.C28H26NO.C24H20NO.C23H18NO/c1-19-10-13-25(20(2)16-19)29-31-28(21(3)18-32(29)4)27-15-12-24-17-23(22-8-6-5-7-9-22)11-14-26(24)30(27)33-31;1-18-9-12-24(19(2)15-18)28-30-27(20(3)17-31(28)4)26-14-11-23-16-22(21-7-5-6-8-21)10-13-25(23)29(26)32-30;1-18-7-3-6-10-22(18)26-28-25(15-16-29(26)2)24-14-12-21-17-20(19-8-4-5-9-19)11-13-23(21)27(24)30-28;1-15-8-9-17-14-22-21(13-18(17)12-15)20-10-11-25(3)23(24(20)26-22)19-7-5-4-6-16(19)2;1-15-7-3-6-10-18(15)22-23-19(11-12-24(22)2)20-13-16-8-4-5-9-17(16)14-21(20)25-23/h10-18,22H,5-9H2,1-4H3;9-17,21H,5-8H2,1-4H3;3,6-7,10-17,19H,4-5,8-9H2,1-2H3;4-14H,1-3H3;3-14H,1-2H3/q5*+1/i1D3,3D3,22D;1D3,3D3,21D;19D;;. The predicted molar refractivity (Wildman–Crippen MR) is 605 cm³/mol. The fourth-order valence-corrected chi connectivity index (χ4v) is 23.6. The summed E-state index contributed by atoms with van der Waals surface area (Å²) in [5.74, 6) is -1.57. The fourth-order valence-electron chi connectivity index (χ4n) is 23.6. The van der Waals surface area contributed by atoms with Crippen molar-refractivity contribution in [3.05, 3.63) is 388 Å². The molecule has 0 bridgehead atoms. The van der Waals surface area contributed by atoms with Crippen molar-refractivity contribution in [2.24, 2.45) is 35.2 Å². The van der Waals surface area contributed by atoms with E-state index in [-0.39, 0.29) is 22.3 Å². The van der Waals surface area contributed by atoms with E-state index in [1.807, 2.05) is 62.4 Å². The summed E-state index contributed by atoms with van der Waals surface area (Å²) in [5, 5.41) is 20.3. The van der Waals surface area contributed by atoms with Crippen LogP contribution in [0.5, 0.6) is 0 Å². The van der Waals surface area contributed by atoms with Gasteiger partial charge in [0.2, 0.25) is 27.9 Å². The molecular formula is C136H126N5O5+5. The molecule has 0 radical (unpaired) electrons. The molecule has 10 aromatic heterocycles. The Kier molecular flexibility index (Phi) is 19.9. The number of nitrogens with zero attached hydrogens (tertiary/aromatic N) is 5. The minimum Gasteiger partial charge on any atom is -0.449 e. The van der Waals surface area contributed by atoms with Crippen LogP contribution in [0, 0.1) is 68.9 Å². The largest absolute Gasteiger partial charge is 0.449 e. The van der Waals surface area contributed by atoms with Gasteiger partial charge in [-0.1, -0.05) is 256 Å². The van der Waals surface area contributed by atoms with E-state index in [2.05, 4.69) is 281 Å². The molecule has 0 N–H and O–H groups in total. The summed E-state index contributed by atoms with van der Waals surface area (Å²) >= 11 is 0. The SMILES string of the molecule is Cc1ccc2cc3oc4c(-c5ccccc5C)[n+](C)ccc4c3cc2c1.Cc1ccccc1-c1c2oc3cc4ccccc4cc3c2cc[n+]1C.[2H]C([2H])([2H])c1ccc(-c2c3oc4c5ccc(C6([2H])CCCC6)cc5ccc4c3c(C([2H])([2H])[2H])c[n+]2C)c(C)c1.[2H]C([2H])([2H])c1ccc(-c2c3oc4c5ccc(C6([2H])CCCCC6)cc5ccc4c3c(C([2H])([2H])[2H])c[n+]2C)c(C)c1.[2H]C1(c2ccc3c(ccc4c5cc[n+](C)c(-c6ccccc6C)c5oc34)c2)CCCC1. The van der Waals surface area contributed by atoms with Gasteiger partial charge < -0.3 is 22.1 Å². The van der Waals surface area contributed by atoms with Crippen LogP contribution in [0.3, 0.4) is 0 Å². The second-order valence-electron chi connectivity index (χ2n) is 40.8. The molecule has 25 aromatic rings. The van der Waals surface area contributed by atoms with Crippen LogP contribution in [0.2, 0.25) is 0 Å². The maximum atomic E-state index is 9.08. The zero-order chi connectivity index (χ0) is 112. The molecule has 0 saturated heterocycles. The monoisotopic (exact) mass is 1920 g/mol. The van der Waals surface area contributed by atoms with Crippen LogP contribution in [0.25, 0.3) is 220 Å². The van der Waals surface area contributed by atoms with Crippen molar-refractivity contribution < 1.29 is 65.5 Å². The number of hydrogen-bond acceptors (Lipinski definition) is 5. The number of aryl methyl sites for hydroxylation is 15. The number of rotatable bonds is 8. The third kappa shape index (κ3) is 16.6. The van der Waals surface area contributed by atoms with E-state index >= 15 is 0 Å². The summed E-state index contributed by atoms with van der Waals surface area (Å²) in [5.41, 5.74) is 28.2. The Bertz CT molecular complexity index is 10300. The van der Waals surface area contributed by atoms with E-state index in [0.717, 1.165) is 226 Å². The average Bonchev–Trinajstić information content (AvgIpc) is 1.57. The van der Waals surface area contributed by atoms with Crippen LogP contribution in [0.1, 0.15) is 194 Å². The predicted octanol–water partition coefficient (Wildman–Crippen LogP) is 34.6. The maximum absolute atomic E-state index is 9.08. The van der Waals surface area contributed by atoms with Crippen LogP contribution in [0.4, 0.5) is 0 Å². The first-order valence-electron chi connectivity index (χ1n) is 58.8. The molecule has 146 heavy (non-hydrogen) atoms. The third-order valence-electron chi connectivity index (χ3n) is 31.2. The molecule has 10 nitrogen and oxygen atoms in total. The van der Waals surface area contributed by atoms with Gasteiger partial charge in [0, 0.05) is 120 Å². The van der Waals surface area contributed by atoms with Crippen molar-refractivity contribution in [1.82, 2.24) is 0 Å². The summed E-state index contributed by atoms with van der Waals surface area (Å²) in [6.45, 7) is 3.09. The highest BCUT2D eigenvalue weighted by Gasteiger charge is 2.33. The molecule has 0 unspecified atom stereocenters. The van der Waals surface area contributed by atoms with Crippen LogP contribution < -0.4 is 22.8 Å². The Morgan fingerprint density at radius 1 is 0.226 bits per heavy atom. The van der Waals surface area contributed by atoms with Crippen molar-refractivity contribution >= 4 is 164 Å². The number of furan rings is 5.